The molecule has 0 aromatic rings. The van der Waals surface area contributed by atoms with Gasteiger partial charge in [-0.2, -0.15) is 0 Å². The molecule has 17 heavy (non-hydrogen) atoms. The Balaban J connectivity index is 1.85. The Morgan fingerprint density at radius 3 is 2.53 bits per heavy atom. The number of nitrogens with one attached hydrogen (secondary N) is 1. The number of hydrogen-bond donors (Lipinski definition) is 2. The average Bonchev–Trinajstić information content (AvgIpc) is 2.59. The van der Waals surface area contributed by atoms with E-state index in [0.717, 1.165) is 32.4 Å². The van der Waals surface area contributed by atoms with Crippen molar-refractivity contribution in [3.05, 3.63) is 0 Å². The molecule has 98 valence electrons. The van der Waals surface area contributed by atoms with Gasteiger partial charge >= 0.3 is 0 Å². The SMILES string of the molecule is CN1CC[C@@](C)(C(=O)NCC2(CO)CCC2)C1. The van der Waals surface area contributed by atoms with Crippen LogP contribution in [0.5, 0.6) is 0 Å². The van der Waals surface area contributed by atoms with Crippen LogP contribution < -0.4 is 5.32 Å². The molecule has 2 rings (SSSR count). The number of amides is 1. The second-order valence-electron chi connectivity index (χ2n) is 6.24. The molecule has 2 N–H and O–H groups in total. The predicted molar refractivity (Wildman–Crippen MR) is 66.6 cm³/mol. The largest absolute Gasteiger partial charge is 0.396 e. The molecule has 1 aliphatic heterocycles. The first-order chi connectivity index (χ1) is 8.00. The lowest BCUT2D eigenvalue weighted by Crippen LogP contribution is -2.49. The molecule has 0 spiro atoms. The summed E-state index contributed by atoms with van der Waals surface area (Å²) in [6.07, 6.45) is 4.19. The third kappa shape index (κ3) is 2.47. The van der Waals surface area contributed by atoms with Crippen LogP contribution in [0.4, 0.5) is 0 Å². The van der Waals surface area contributed by atoms with Crippen LogP contribution in [0.3, 0.4) is 0 Å². The van der Waals surface area contributed by atoms with Crippen LogP contribution in [0.25, 0.3) is 0 Å². The van der Waals surface area contributed by atoms with E-state index in [-0.39, 0.29) is 23.3 Å². The Hall–Kier alpha value is -0.610. The summed E-state index contributed by atoms with van der Waals surface area (Å²) in [6.45, 7) is 4.71. The predicted octanol–water partition coefficient (Wildman–Crippen LogP) is 0.607. The number of likely N-dealkylation sites (tertiary alicyclic amines) is 1. The molecule has 2 aliphatic rings. The van der Waals surface area contributed by atoms with Gasteiger partial charge in [-0.3, -0.25) is 4.79 Å². The van der Waals surface area contributed by atoms with Crippen molar-refractivity contribution in [3.8, 4) is 0 Å². The zero-order valence-corrected chi connectivity index (χ0v) is 11.0. The topological polar surface area (TPSA) is 52.6 Å². The molecule has 4 nitrogen and oxygen atoms in total. The number of carbonyl (C=O) groups is 1. The Bertz CT molecular complexity index is 296. The molecule has 0 bridgehead atoms. The van der Waals surface area contributed by atoms with Gasteiger partial charge in [-0.25, -0.2) is 0 Å². The maximum atomic E-state index is 12.2. The van der Waals surface area contributed by atoms with E-state index in [1.54, 1.807) is 0 Å². The molecule has 2 fully saturated rings. The highest BCUT2D eigenvalue weighted by molar-refractivity contribution is 5.82. The van der Waals surface area contributed by atoms with Crippen LogP contribution in [0.15, 0.2) is 0 Å². The molecule has 0 aromatic carbocycles. The Labute approximate surface area is 103 Å². The lowest BCUT2D eigenvalue weighted by Gasteiger charge is -2.41. The molecule has 4 heteroatoms. The summed E-state index contributed by atoms with van der Waals surface area (Å²) < 4.78 is 0. The van der Waals surface area contributed by atoms with Gasteiger partial charge in [0.1, 0.15) is 0 Å². The van der Waals surface area contributed by atoms with Crippen LogP contribution in [-0.2, 0) is 4.79 Å². The van der Waals surface area contributed by atoms with E-state index in [2.05, 4.69) is 17.3 Å². The minimum Gasteiger partial charge on any atom is -0.396 e. The summed E-state index contributed by atoms with van der Waals surface area (Å²) in [7, 11) is 2.06. The molecule has 1 saturated heterocycles. The first-order valence-corrected chi connectivity index (χ1v) is 6.57. The van der Waals surface area contributed by atoms with Crippen molar-refractivity contribution in [2.24, 2.45) is 10.8 Å². The van der Waals surface area contributed by atoms with Gasteiger partial charge in [-0.15, -0.1) is 0 Å². The van der Waals surface area contributed by atoms with E-state index in [0.29, 0.717) is 6.54 Å². The fraction of sp³-hybridized carbons (Fsp3) is 0.923. The molecule has 1 aliphatic carbocycles. The highest BCUT2D eigenvalue weighted by atomic mass is 16.3. The van der Waals surface area contributed by atoms with E-state index in [1.165, 1.54) is 6.42 Å². The molecule has 1 atom stereocenters. The lowest BCUT2D eigenvalue weighted by atomic mass is 9.69. The van der Waals surface area contributed by atoms with E-state index >= 15 is 0 Å². The van der Waals surface area contributed by atoms with Crippen molar-refractivity contribution >= 4 is 5.91 Å². The van der Waals surface area contributed by atoms with Crippen molar-refractivity contribution in [2.75, 3.05) is 33.3 Å². The van der Waals surface area contributed by atoms with Gasteiger partial charge in [-0.1, -0.05) is 6.42 Å². The van der Waals surface area contributed by atoms with Gasteiger partial charge in [0.25, 0.3) is 0 Å². The third-order valence-electron chi connectivity index (χ3n) is 4.59. The van der Waals surface area contributed by atoms with E-state index in [1.807, 2.05) is 6.92 Å². The summed E-state index contributed by atoms with van der Waals surface area (Å²) in [5.74, 6) is 0.154. The number of nitrogens with zero attached hydrogens (tertiary/aromatic N) is 1. The van der Waals surface area contributed by atoms with Crippen molar-refractivity contribution in [1.82, 2.24) is 10.2 Å². The van der Waals surface area contributed by atoms with Crippen molar-refractivity contribution in [3.63, 3.8) is 0 Å². The average molecular weight is 240 g/mol. The monoisotopic (exact) mass is 240 g/mol. The minimum atomic E-state index is -0.241. The number of aliphatic hydroxyl groups is 1. The Kier molecular flexibility index (Phi) is 3.46. The molecule has 0 radical (unpaired) electrons. The summed E-state index contributed by atoms with van der Waals surface area (Å²) >= 11 is 0. The Morgan fingerprint density at radius 1 is 1.41 bits per heavy atom. The van der Waals surface area contributed by atoms with E-state index in [4.69, 9.17) is 0 Å². The van der Waals surface area contributed by atoms with Gasteiger partial charge in [-0.05, 0) is 39.8 Å². The number of carbonyl (C=O) groups excluding carboxylic acids is 1. The number of hydrogen-bond acceptors (Lipinski definition) is 3. The van der Waals surface area contributed by atoms with Gasteiger partial charge in [0, 0.05) is 18.5 Å². The second-order valence-corrected chi connectivity index (χ2v) is 6.24. The Morgan fingerprint density at radius 2 is 2.12 bits per heavy atom. The highest BCUT2D eigenvalue weighted by Gasteiger charge is 2.41. The van der Waals surface area contributed by atoms with E-state index in [9.17, 15) is 9.90 Å². The van der Waals surface area contributed by atoms with Crippen LogP contribution in [0, 0.1) is 10.8 Å². The standard InChI is InChI=1S/C13H24N2O2/c1-12(6-7-15(2)9-12)11(17)14-8-13(10-16)4-3-5-13/h16H,3-10H2,1-2H3,(H,14,17)/t12-/m1/s1. The molecular formula is C13H24N2O2. The van der Waals surface area contributed by atoms with Crippen molar-refractivity contribution in [2.45, 2.75) is 32.6 Å². The van der Waals surface area contributed by atoms with E-state index < -0.39 is 0 Å². The molecule has 0 aromatic heterocycles. The van der Waals surface area contributed by atoms with Crippen molar-refractivity contribution < 1.29 is 9.90 Å². The smallest absolute Gasteiger partial charge is 0.227 e. The summed E-state index contributed by atoms with van der Waals surface area (Å²) in [4.78, 5) is 14.4. The number of rotatable bonds is 4. The van der Waals surface area contributed by atoms with Crippen LogP contribution >= 0.6 is 0 Å². The zero-order chi connectivity index (χ0) is 12.5. The maximum absolute atomic E-state index is 12.2. The summed E-state index contributed by atoms with van der Waals surface area (Å²) in [6, 6.07) is 0. The van der Waals surface area contributed by atoms with Gasteiger partial charge in [0.2, 0.25) is 5.91 Å². The highest BCUT2D eigenvalue weighted by Crippen LogP contribution is 2.40. The third-order valence-corrected chi connectivity index (χ3v) is 4.59. The minimum absolute atomic E-state index is 0.0173. The fourth-order valence-corrected chi connectivity index (χ4v) is 2.93. The maximum Gasteiger partial charge on any atom is 0.227 e. The van der Waals surface area contributed by atoms with Crippen LogP contribution in [0.2, 0.25) is 0 Å². The first-order valence-electron chi connectivity index (χ1n) is 6.57. The summed E-state index contributed by atoms with van der Waals surface area (Å²) in [5.41, 5.74) is -0.258. The molecular weight excluding hydrogens is 216 g/mol. The quantitative estimate of drug-likeness (QED) is 0.757. The summed E-state index contributed by atoms with van der Waals surface area (Å²) in [5, 5.41) is 12.4. The lowest BCUT2D eigenvalue weighted by molar-refractivity contribution is -0.130. The molecule has 1 saturated carbocycles. The van der Waals surface area contributed by atoms with Crippen LogP contribution in [0.1, 0.15) is 32.6 Å². The molecule has 0 unspecified atom stereocenters. The number of aliphatic hydroxyl groups excluding tert-OH is 1. The first kappa shape index (κ1) is 12.8. The second kappa shape index (κ2) is 4.58. The zero-order valence-electron chi connectivity index (χ0n) is 11.0. The molecule has 1 heterocycles. The van der Waals surface area contributed by atoms with Gasteiger partial charge in [0.05, 0.1) is 12.0 Å². The van der Waals surface area contributed by atoms with Crippen molar-refractivity contribution in [1.29, 1.82) is 0 Å². The van der Waals surface area contributed by atoms with Crippen LogP contribution in [-0.4, -0.2) is 49.2 Å². The molecule has 1 amide bonds. The van der Waals surface area contributed by atoms with Gasteiger partial charge in [0.15, 0.2) is 0 Å². The fourth-order valence-electron chi connectivity index (χ4n) is 2.93. The normalized spacial score (nSPS) is 32.2. The van der Waals surface area contributed by atoms with Gasteiger partial charge < -0.3 is 15.3 Å².